The van der Waals surface area contributed by atoms with Gasteiger partial charge in [0.25, 0.3) is 0 Å². The number of halogens is 1. The Balaban J connectivity index is 1.32. The molecule has 3 heterocycles. The Labute approximate surface area is 167 Å². The molecule has 0 unspecified atom stereocenters. The Hall–Kier alpha value is -3.06. The zero-order chi connectivity index (χ0) is 19.8. The molecule has 2 aromatic heterocycles. The van der Waals surface area contributed by atoms with Crippen molar-refractivity contribution < 1.29 is 8.91 Å². The maximum absolute atomic E-state index is 13.9. The molecule has 6 nitrogen and oxygen atoms in total. The molecule has 1 N–H and O–H groups in total. The third kappa shape index (κ3) is 3.65. The van der Waals surface area contributed by atoms with Gasteiger partial charge >= 0.3 is 0 Å². The van der Waals surface area contributed by atoms with Gasteiger partial charge in [0.15, 0.2) is 5.82 Å². The molecule has 1 aliphatic rings. The highest BCUT2D eigenvalue weighted by Crippen LogP contribution is 2.32. The van der Waals surface area contributed by atoms with Crippen LogP contribution < -0.4 is 0 Å². The molecule has 1 saturated heterocycles. The number of benzene rings is 2. The molecule has 0 aliphatic carbocycles. The van der Waals surface area contributed by atoms with Gasteiger partial charge in [-0.15, -0.1) is 0 Å². The van der Waals surface area contributed by atoms with Crippen molar-refractivity contribution in [3.05, 3.63) is 76.9 Å². The molecular weight excluding hydrogens is 369 g/mol. The summed E-state index contributed by atoms with van der Waals surface area (Å²) in [5.74, 6) is 1.78. The molecule has 1 atom stereocenters. The molecule has 4 aromatic rings. The number of rotatable bonds is 5. The third-order valence-electron chi connectivity index (χ3n) is 5.49. The van der Waals surface area contributed by atoms with E-state index < -0.39 is 0 Å². The van der Waals surface area contributed by atoms with E-state index in [0.717, 1.165) is 36.2 Å². The molecule has 0 amide bonds. The topological polar surface area (TPSA) is 70.8 Å². The van der Waals surface area contributed by atoms with E-state index in [4.69, 9.17) is 9.51 Å². The maximum atomic E-state index is 13.9. The second kappa shape index (κ2) is 7.40. The van der Waals surface area contributed by atoms with Crippen LogP contribution in [0.5, 0.6) is 0 Å². The van der Waals surface area contributed by atoms with Crippen molar-refractivity contribution >= 4 is 11.0 Å². The van der Waals surface area contributed by atoms with Gasteiger partial charge in [0.1, 0.15) is 11.6 Å². The lowest BCUT2D eigenvalue weighted by molar-refractivity contribution is 0.207. The Bertz CT molecular complexity index is 1150. The van der Waals surface area contributed by atoms with Crippen molar-refractivity contribution in [1.29, 1.82) is 0 Å². The SMILES string of the molecule is Cc1ccc2nc([C@@H]3CCCN3Cc3nc(Cc4ccccc4F)no3)[nH]c2c1. The fourth-order valence-corrected chi connectivity index (χ4v) is 4.04. The van der Waals surface area contributed by atoms with Crippen LogP contribution in [-0.4, -0.2) is 31.6 Å². The zero-order valence-corrected chi connectivity index (χ0v) is 16.2. The van der Waals surface area contributed by atoms with E-state index in [9.17, 15) is 4.39 Å². The largest absolute Gasteiger partial charge is 0.341 e. The summed E-state index contributed by atoms with van der Waals surface area (Å²) in [6, 6.07) is 13.1. The lowest BCUT2D eigenvalue weighted by Crippen LogP contribution is -2.23. The summed E-state index contributed by atoms with van der Waals surface area (Å²) in [5, 5.41) is 4.03. The highest BCUT2D eigenvalue weighted by atomic mass is 19.1. The molecule has 7 heteroatoms. The summed E-state index contributed by atoms with van der Waals surface area (Å²) in [4.78, 5) is 15.1. The summed E-state index contributed by atoms with van der Waals surface area (Å²) >= 11 is 0. The number of nitrogens with one attached hydrogen (secondary N) is 1. The molecular formula is C22H22FN5O. The first kappa shape index (κ1) is 18.0. The first-order chi connectivity index (χ1) is 14.2. The van der Waals surface area contributed by atoms with E-state index in [1.807, 2.05) is 6.07 Å². The first-order valence-electron chi connectivity index (χ1n) is 9.91. The van der Waals surface area contributed by atoms with Crippen LogP contribution in [0.4, 0.5) is 4.39 Å². The number of aromatic amines is 1. The summed E-state index contributed by atoms with van der Waals surface area (Å²) in [6.07, 6.45) is 2.45. The van der Waals surface area contributed by atoms with Gasteiger partial charge in [-0.1, -0.05) is 29.4 Å². The molecule has 0 spiro atoms. The van der Waals surface area contributed by atoms with E-state index in [1.54, 1.807) is 12.1 Å². The highest BCUT2D eigenvalue weighted by Gasteiger charge is 2.30. The Morgan fingerprint density at radius 2 is 2.10 bits per heavy atom. The van der Waals surface area contributed by atoms with Crippen LogP contribution in [0.1, 0.15) is 47.5 Å². The Morgan fingerprint density at radius 1 is 1.21 bits per heavy atom. The summed E-state index contributed by atoms with van der Waals surface area (Å²) in [5.41, 5.74) is 3.83. The smallest absolute Gasteiger partial charge is 0.240 e. The van der Waals surface area contributed by atoms with Gasteiger partial charge in [0.2, 0.25) is 5.89 Å². The van der Waals surface area contributed by atoms with Gasteiger partial charge in [0, 0.05) is 6.42 Å². The molecule has 1 aliphatic heterocycles. The number of H-pyrrole nitrogens is 1. The van der Waals surface area contributed by atoms with Gasteiger partial charge in [-0.25, -0.2) is 9.37 Å². The van der Waals surface area contributed by atoms with Crippen molar-refractivity contribution in [3.63, 3.8) is 0 Å². The van der Waals surface area contributed by atoms with Crippen LogP contribution in [0.3, 0.4) is 0 Å². The van der Waals surface area contributed by atoms with Gasteiger partial charge in [-0.2, -0.15) is 4.98 Å². The number of fused-ring (bicyclic) bond motifs is 1. The van der Waals surface area contributed by atoms with Gasteiger partial charge in [-0.3, -0.25) is 4.90 Å². The number of hydrogen-bond donors (Lipinski definition) is 1. The summed E-state index contributed by atoms with van der Waals surface area (Å²) < 4.78 is 19.3. The van der Waals surface area contributed by atoms with Crippen LogP contribution in [0, 0.1) is 12.7 Å². The van der Waals surface area contributed by atoms with Crippen LogP contribution in [0.25, 0.3) is 11.0 Å². The lowest BCUT2D eigenvalue weighted by atomic mass is 10.1. The van der Waals surface area contributed by atoms with Gasteiger partial charge in [0.05, 0.1) is 23.6 Å². The standard InChI is InChI=1S/C22H22FN5O/c1-14-8-9-17-18(11-14)25-22(24-17)19-7-4-10-28(19)13-21-26-20(27-29-21)12-15-5-2-3-6-16(15)23/h2-3,5-6,8-9,11,19H,4,7,10,12-13H2,1H3,(H,24,25)/t19-/m0/s1. The van der Waals surface area contributed by atoms with Gasteiger partial charge in [-0.05, 0) is 55.6 Å². The summed E-state index contributed by atoms with van der Waals surface area (Å²) in [7, 11) is 0. The fraction of sp³-hybridized carbons (Fsp3) is 0.318. The van der Waals surface area contributed by atoms with Crippen LogP contribution in [-0.2, 0) is 13.0 Å². The van der Waals surface area contributed by atoms with E-state index >= 15 is 0 Å². The van der Waals surface area contributed by atoms with Crippen molar-refractivity contribution in [2.24, 2.45) is 0 Å². The second-order valence-corrected chi connectivity index (χ2v) is 7.64. The van der Waals surface area contributed by atoms with Crippen molar-refractivity contribution in [3.8, 4) is 0 Å². The van der Waals surface area contributed by atoms with E-state index in [2.05, 4.69) is 45.1 Å². The molecule has 1 fully saturated rings. The van der Waals surface area contributed by atoms with Crippen molar-refractivity contribution in [2.75, 3.05) is 6.54 Å². The quantitative estimate of drug-likeness (QED) is 0.549. The number of hydrogen-bond acceptors (Lipinski definition) is 5. The average Bonchev–Trinajstić information content (AvgIpc) is 3.43. The first-order valence-corrected chi connectivity index (χ1v) is 9.91. The fourth-order valence-electron chi connectivity index (χ4n) is 4.04. The predicted octanol–water partition coefficient (Wildman–Crippen LogP) is 4.32. The molecule has 0 saturated carbocycles. The lowest BCUT2D eigenvalue weighted by Gasteiger charge is -2.20. The molecule has 2 aromatic carbocycles. The highest BCUT2D eigenvalue weighted by molar-refractivity contribution is 5.75. The van der Waals surface area contributed by atoms with Crippen LogP contribution in [0.15, 0.2) is 47.0 Å². The minimum Gasteiger partial charge on any atom is -0.341 e. The molecule has 0 bridgehead atoms. The van der Waals surface area contributed by atoms with Crippen LogP contribution in [0.2, 0.25) is 0 Å². The Kier molecular flexibility index (Phi) is 4.60. The van der Waals surface area contributed by atoms with E-state index in [1.165, 1.54) is 11.6 Å². The number of likely N-dealkylation sites (tertiary alicyclic amines) is 1. The number of nitrogens with zero attached hydrogens (tertiary/aromatic N) is 4. The summed E-state index contributed by atoms with van der Waals surface area (Å²) in [6.45, 7) is 3.59. The van der Waals surface area contributed by atoms with E-state index in [0.29, 0.717) is 30.2 Å². The second-order valence-electron chi connectivity index (χ2n) is 7.64. The average molecular weight is 391 g/mol. The number of imidazole rings is 1. The monoisotopic (exact) mass is 391 g/mol. The van der Waals surface area contributed by atoms with E-state index in [-0.39, 0.29) is 11.9 Å². The number of aryl methyl sites for hydroxylation is 1. The van der Waals surface area contributed by atoms with Crippen LogP contribution >= 0.6 is 0 Å². The molecule has 148 valence electrons. The van der Waals surface area contributed by atoms with Gasteiger partial charge < -0.3 is 9.51 Å². The minimum atomic E-state index is -0.251. The molecule has 29 heavy (non-hydrogen) atoms. The predicted molar refractivity (Wildman–Crippen MR) is 107 cm³/mol. The normalized spacial score (nSPS) is 17.4. The third-order valence-corrected chi connectivity index (χ3v) is 5.49. The Morgan fingerprint density at radius 3 is 3.00 bits per heavy atom. The van der Waals surface area contributed by atoms with Crippen molar-refractivity contribution in [1.82, 2.24) is 25.0 Å². The molecule has 5 rings (SSSR count). The zero-order valence-electron chi connectivity index (χ0n) is 16.2. The number of aromatic nitrogens is 4. The minimum absolute atomic E-state index is 0.199. The van der Waals surface area contributed by atoms with Crippen molar-refractivity contribution in [2.45, 2.75) is 38.8 Å². The molecule has 0 radical (unpaired) electrons. The maximum Gasteiger partial charge on any atom is 0.240 e.